The third-order valence-electron chi connectivity index (χ3n) is 3.86. The van der Waals surface area contributed by atoms with Crippen LogP contribution in [0.5, 0.6) is 0 Å². The number of aromatic nitrogens is 4. The fourth-order valence-corrected chi connectivity index (χ4v) is 2.86. The summed E-state index contributed by atoms with van der Waals surface area (Å²) in [4.78, 5) is 8.58. The van der Waals surface area contributed by atoms with Crippen molar-refractivity contribution < 1.29 is 13.0 Å². The molecule has 2 heterocycles. The second-order valence-electron chi connectivity index (χ2n) is 6.49. The molecule has 0 saturated heterocycles. The molecule has 0 aliphatic heterocycles. The van der Waals surface area contributed by atoms with Crippen LogP contribution in [-0.4, -0.2) is 39.4 Å². The van der Waals surface area contributed by atoms with Crippen LogP contribution in [0.2, 0.25) is 5.02 Å². The highest BCUT2D eigenvalue weighted by atomic mass is 35.5. The van der Waals surface area contributed by atoms with Crippen molar-refractivity contribution in [2.24, 2.45) is 0 Å². The number of hydrogen-bond donors (Lipinski definition) is 5. The van der Waals surface area contributed by atoms with Crippen molar-refractivity contribution in [3.05, 3.63) is 65.4 Å². The molecule has 2 aromatic carbocycles. The van der Waals surface area contributed by atoms with Crippen LogP contribution >= 0.6 is 11.6 Å². The number of nitrogens with two attached hydrogens (primary N) is 1. The van der Waals surface area contributed by atoms with Gasteiger partial charge in [0.15, 0.2) is 11.5 Å². The van der Waals surface area contributed by atoms with Crippen LogP contribution in [0.1, 0.15) is 5.56 Å². The number of hydrogen-bond acceptors (Lipinski definition) is 8. The van der Waals surface area contributed by atoms with E-state index in [0.29, 0.717) is 35.1 Å². The van der Waals surface area contributed by atoms with Gasteiger partial charge in [-0.25, -0.2) is 9.97 Å². The quantitative estimate of drug-likeness (QED) is 0.221. The Hall–Kier alpha value is -3.41. The Morgan fingerprint density at radius 1 is 1.13 bits per heavy atom. The maximum Gasteiger partial charge on any atom is 0.261 e. The molecule has 0 bridgehead atoms. The second kappa shape index (κ2) is 9.60. The third kappa shape index (κ3) is 6.81. The van der Waals surface area contributed by atoms with E-state index in [1.807, 2.05) is 48.5 Å². The molecule has 12 heteroatoms. The van der Waals surface area contributed by atoms with Crippen LogP contribution < -0.4 is 16.4 Å². The number of rotatable bonds is 5. The highest BCUT2D eigenvalue weighted by molar-refractivity contribution is 7.85. The van der Waals surface area contributed by atoms with Crippen molar-refractivity contribution in [1.29, 1.82) is 0 Å². The van der Waals surface area contributed by atoms with Crippen molar-refractivity contribution >= 4 is 55.8 Å². The van der Waals surface area contributed by atoms with Gasteiger partial charge in [0, 0.05) is 22.9 Å². The van der Waals surface area contributed by atoms with Gasteiger partial charge >= 0.3 is 0 Å². The highest BCUT2D eigenvalue weighted by Crippen LogP contribution is 2.29. The predicted octanol–water partition coefficient (Wildman–Crippen LogP) is 3.45. The molecule has 0 aliphatic rings. The van der Waals surface area contributed by atoms with E-state index in [9.17, 15) is 8.42 Å². The first-order valence-electron chi connectivity index (χ1n) is 8.91. The van der Waals surface area contributed by atoms with Crippen molar-refractivity contribution in [2.75, 3.05) is 22.6 Å². The molecule has 0 atom stereocenters. The molecule has 31 heavy (non-hydrogen) atoms. The zero-order chi connectivity index (χ0) is 22.4. The summed E-state index contributed by atoms with van der Waals surface area (Å²) in [6, 6.07) is 15.1. The Morgan fingerprint density at radius 3 is 2.58 bits per heavy atom. The number of fused-ring (bicyclic) bond motifs is 1. The van der Waals surface area contributed by atoms with Gasteiger partial charge in [-0.2, -0.15) is 13.5 Å². The molecule has 4 aromatic rings. The molecule has 10 nitrogen and oxygen atoms in total. The highest BCUT2D eigenvalue weighted by Gasteiger charge is 2.13. The number of anilines is 4. The number of nitrogen functional groups attached to an aromatic ring is 1. The minimum Gasteiger partial charge on any atom is -0.399 e. The number of halogens is 1. The zero-order valence-corrected chi connectivity index (χ0v) is 17.9. The Kier molecular flexibility index (Phi) is 6.90. The summed E-state index contributed by atoms with van der Waals surface area (Å²) in [6.07, 6.45) is 2.20. The molecule has 0 spiro atoms. The number of benzene rings is 2. The normalized spacial score (nSPS) is 10.9. The number of nitrogens with zero attached hydrogens (tertiary/aromatic N) is 3. The van der Waals surface area contributed by atoms with Crippen LogP contribution in [0.3, 0.4) is 0 Å². The van der Waals surface area contributed by atoms with Crippen molar-refractivity contribution in [1.82, 2.24) is 20.2 Å². The van der Waals surface area contributed by atoms with Crippen LogP contribution in [0.4, 0.5) is 23.0 Å². The van der Waals surface area contributed by atoms with Crippen LogP contribution in [0, 0.1) is 0 Å². The lowest BCUT2D eigenvalue weighted by atomic mass is 10.2. The summed E-state index contributed by atoms with van der Waals surface area (Å²) >= 11 is 6.06. The molecule has 0 amide bonds. The lowest BCUT2D eigenvalue weighted by Gasteiger charge is -2.09. The van der Waals surface area contributed by atoms with E-state index in [1.54, 1.807) is 0 Å². The molecule has 162 valence electrons. The molecule has 0 aliphatic carbocycles. The maximum atomic E-state index is 9.19. The molecule has 6 N–H and O–H groups in total. The molecular formula is C19H20ClN7O3S. The van der Waals surface area contributed by atoms with Crippen LogP contribution in [0.25, 0.3) is 11.0 Å². The van der Waals surface area contributed by atoms with E-state index in [-0.39, 0.29) is 0 Å². The van der Waals surface area contributed by atoms with Crippen molar-refractivity contribution in [3.8, 4) is 0 Å². The second-order valence-corrected chi connectivity index (χ2v) is 8.39. The average Bonchev–Trinajstić information content (AvgIpc) is 3.09. The topological polar surface area (TPSA) is 159 Å². The molecular weight excluding hydrogens is 442 g/mol. The summed E-state index contributed by atoms with van der Waals surface area (Å²) < 4.78 is 25.9. The first-order valence-corrected chi connectivity index (χ1v) is 11.1. The summed E-state index contributed by atoms with van der Waals surface area (Å²) in [5.41, 5.74) is 9.08. The Balaban J connectivity index is 0.000000491. The van der Waals surface area contributed by atoms with Gasteiger partial charge in [-0.3, -0.25) is 9.65 Å². The minimum absolute atomic E-state index is 0.580. The number of nitrogens with one attached hydrogen (secondary N) is 3. The molecule has 2 aromatic heterocycles. The van der Waals surface area contributed by atoms with Gasteiger partial charge in [-0.15, -0.1) is 0 Å². The standard InChI is InChI=1S/C18H16ClN7.CH4O3S/c19-12-4-2-6-14(8-12)24-16-15-17(25-26-18(15)23-10-22-16)21-9-11-3-1-5-13(20)7-11;1-5(2,3)4/h1-8,10H,9,20H2,(H3,21,22,23,24,25,26);1H3,(H,2,3,4). The van der Waals surface area contributed by atoms with E-state index in [2.05, 4.69) is 30.8 Å². The monoisotopic (exact) mass is 461 g/mol. The molecule has 0 unspecified atom stereocenters. The van der Waals surface area contributed by atoms with E-state index < -0.39 is 10.1 Å². The third-order valence-corrected chi connectivity index (χ3v) is 4.09. The first kappa shape index (κ1) is 22.3. The van der Waals surface area contributed by atoms with Gasteiger partial charge in [0.25, 0.3) is 10.1 Å². The predicted molar refractivity (Wildman–Crippen MR) is 122 cm³/mol. The summed E-state index contributed by atoms with van der Waals surface area (Å²) in [5, 5.41) is 15.2. The maximum absolute atomic E-state index is 9.19. The van der Waals surface area contributed by atoms with E-state index in [0.717, 1.165) is 22.3 Å². The molecule has 0 fully saturated rings. The van der Waals surface area contributed by atoms with Gasteiger partial charge in [0.1, 0.15) is 17.5 Å². The van der Waals surface area contributed by atoms with Gasteiger partial charge in [-0.05, 0) is 35.9 Å². The van der Waals surface area contributed by atoms with E-state index in [1.165, 1.54) is 6.33 Å². The number of aromatic amines is 1. The fraction of sp³-hybridized carbons (Fsp3) is 0.105. The largest absolute Gasteiger partial charge is 0.399 e. The van der Waals surface area contributed by atoms with E-state index in [4.69, 9.17) is 21.9 Å². The molecule has 4 rings (SSSR count). The Labute approximate surface area is 183 Å². The minimum atomic E-state index is -3.67. The molecule has 0 radical (unpaired) electrons. The lowest BCUT2D eigenvalue weighted by molar-refractivity contribution is 0.490. The lowest BCUT2D eigenvalue weighted by Crippen LogP contribution is -2.02. The summed E-state index contributed by atoms with van der Waals surface area (Å²) in [5.74, 6) is 1.30. The van der Waals surface area contributed by atoms with E-state index >= 15 is 0 Å². The van der Waals surface area contributed by atoms with Crippen LogP contribution in [-0.2, 0) is 16.7 Å². The Bertz CT molecular complexity index is 1290. The van der Waals surface area contributed by atoms with Gasteiger partial charge in [0.2, 0.25) is 0 Å². The average molecular weight is 462 g/mol. The van der Waals surface area contributed by atoms with Gasteiger partial charge in [0.05, 0.1) is 6.26 Å². The van der Waals surface area contributed by atoms with Gasteiger partial charge in [-0.1, -0.05) is 29.8 Å². The summed E-state index contributed by atoms with van der Waals surface area (Å²) in [6.45, 7) is 0.580. The zero-order valence-electron chi connectivity index (χ0n) is 16.4. The Morgan fingerprint density at radius 2 is 1.87 bits per heavy atom. The SMILES string of the molecule is CS(=O)(=O)O.Nc1cccc(CNc2n[nH]c3ncnc(Nc4cccc(Cl)c4)c23)c1. The molecule has 0 saturated carbocycles. The van der Waals surface area contributed by atoms with Gasteiger partial charge < -0.3 is 16.4 Å². The van der Waals surface area contributed by atoms with Crippen LogP contribution in [0.15, 0.2) is 54.9 Å². The fourth-order valence-electron chi connectivity index (χ4n) is 2.67. The number of H-pyrrole nitrogens is 1. The van der Waals surface area contributed by atoms with Crippen molar-refractivity contribution in [2.45, 2.75) is 6.54 Å². The first-order chi connectivity index (χ1) is 14.7. The summed E-state index contributed by atoms with van der Waals surface area (Å²) in [7, 11) is -3.67. The van der Waals surface area contributed by atoms with Crippen molar-refractivity contribution in [3.63, 3.8) is 0 Å². The smallest absolute Gasteiger partial charge is 0.261 e.